The molecule has 1 unspecified atom stereocenters. The van der Waals surface area contributed by atoms with Crippen LogP contribution in [0.4, 0.5) is 5.69 Å². The Morgan fingerprint density at radius 3 is 2.41 bits per heavy atom. The van der Waals surface area contributed by atoms with Gasteiger partial charge in [-0.05, 0) is 25.2 Å². The number of anilines is 1. The van der Waals surface area contributed by atoms with Crippen molar-refractivity contribution in [3.05, 3.63) is 60.2 Å². The third kappa shape index (κ3) is 4.60. The molecule has 2 saturated heterocycles. The van der Waals surface area contributed by atoms with Gasteiger partial charge in [0.1, 0.15) is 12.4 Å². The van der Waals surface area contributed by atoms with Crippen molar-refractivity contribution >= 4 is 17.4 Å². The number of benzene rings is 2. The molecule has 4 rings (SSSR count). The molecule has 2 fully saturated rings. The molecule has 0 radical (unpaired) electrons. The Labute approximate surface area is 167 Å². The van der Waals surface area contributed by atoms with Gasteiger partial charge in [0.05, 0.1) is 5.37 Å². The maximum absolute atomic E-state index is 6.22. The van der Waals surface area contributed by atoms with E-state index in [2.05, 4.69) is 76.3 Å². The van der Waals surface area contributed by atoms with Crippen molar-refractivity contribution in [1.29, 1.82) is 0 Å². The van der Waals surface area contributed by atoms with Gasteiger partial charge in [-0.3, -0.25) is 9.80 Å². The first-order chi connectivity index (χ1) is 13.3. The van der Waals surface area contributed by atoms with Crippen LogP contribution >= 0.6 is 11.8 Å². The lowest BCUT2D eigenvalue weighted by Crippen LogP contribution is -2.47. The zero-order chi connectivity index (χ0) is 18.5. The molecule has 0 amide bonds. The van der Waals surface area contributed by atoms with Crippen LogP contribution in [0.25, 0.3) is 0 Å². The van der Waals surface area contributed by atoms with Gasteiger partial charge < -0.3 is 9.64 Å². The van der Waals surface area contributed by atoms with Crippen molar-refractivity contribution in [3.63, 3.8) is 0 Å². The molecular weight excluding hydrogens is 354 g/mol. The minimum atomic E-state index is 0.426. The molecule has 2 aromatic carbocycles. The first-order valence-corrected chi connectivity index (χ1v) is 10.9. The second-order valence-electron chi connectivity index (χ2n) is 7.25. The number of ether oxygens (including phenoxy) is 1. The van der Waals surface area contributed by atoms with E-state index in [-0.39, 0.29) is 0 Å². The van der Waals surface area contributed by atoms with Gasteiger partial charge in [0.25, 0.3) is 0 Å². The molecule has 0 bridgehead atoms. The van der Waals surface area contributed by atoms with E-state index in [0.29, 0.717) is 5.37 Å². The minimum Gasteiger partial charge on any atom is -0.492 e. The molecule has 2 aliphatic rings. The maximum Gasteiger partial charge on any atom is 0.125 e. The second-order valence-corrected chi connectivity index (χ2v) is 8.44. The highest BCUT2D eigenvalue weighted by Gasteiger charge is 2.26. The largest absolute Gasteiger partial charge is 0.492 e. The van der Waals surface area contributed by atoms with Gasteiger partial charge in [-0.15, -0.1) is 11.8 Å². The van der Waals surface area contributed by atoms with Gasteiger partial charge in [0.2, 0.25) is 0 Å². The van der Waals surface area contributed by atoms with Crippen LogP contribution in [0, 0.1) is 0 Å². The van der Waals surface area contributed by atoms with Crippen LogP contribution in [0.3, 0.4) is 0 Å². The van der Waals surface area contributed by atoms with Crippen LogP contribution in [-0.4, -0.2) is 68.5 Å². The summed E-state index contributed by atoms with van der Waals surface area (Å²) in [7, 11) is 2.20. The number of hydrogen-bond acceptors (Lipinski definition) is 5. The fourth-order valence-electron chi connectivity index (χ4n) is 3.85. The van der Waals surface area contributed by atoms with Gasteiger partial charge in [-0.25, -0.2) is 0 Å². The zero-order valence-electron chi connectivity index (χ0n) is 16.1. The predicted octanol–water partition coefficient (Wildman–Crippen LogP) is 3.56. The summed E-state index contributed by atoms with van der Waals surface area (Å²) < 4.78 is 6.22. The molecule has 1 atom stereocenters. The third-order valence-electron chi connectivity index (χ3n) is 5.46. The van der Waals surface area contributed by atoms with Gasteiger partial charge in [-0.1, -0.05) is 36.4 Å². The van der Waals surface area contributed by atoms with Crippen LogP contribution in [0.1, 0.15) is 10.9 Å². The van der Waals surface area contributed by atoms with E-state index in [1.165, 1.54) is 17.0 Å². The SMILES string of the molecule is CN1CCSC1c1ccccc1OCCN1CCN(c2ccccc2)CC1. The summed E-state index contributed by atoms with van der Waals surface area (Å²) in [5.74, 6) is 2.24. The number of rotatable bonds is 6. The van der Waals surface area contributed by atoms with Crippen LogP contribution < -0.4 is 9.64 Å². The molecule has 0 aromatic heterocycles. The first-order valence-electron chi connectivity index (χ1n) is 9.87. The highest BCUT2D eigenvalue weighted by atomic mass is 32.2. The lowest BCUT2D eigenvalue weighted by molar-refractivity contribution is 0.198. The van der Waals surface area contributed by atoms with E-state index in [4.69, 9.17) is 4.74 Å². The summed E-state index contributed by atoms with van der Waals surface area (Å²) in [6.45, 7) is 7.26. The van der Waals surface area contributed by atoms with E-state index >= 15 is 0 Å². The minimum absolute atomic E-state index is 0.426. The van der Waals surface area contributed by atoms with Crippen molar-refractivity contribution in [3.8, 4) is 5.75 Å². The normalized spacial score (nSPS) is 21.5. The number of nitrogens with zero attached hydrogens (tertiary/aromatic N) is 3. The summed E-state index contributed by atoms with van der Waals surface area (Å²) >= 11 is 2.01. The van der Waals surface area contributed by atoms with Crippen molar-refractivity contribution in [1.82, 2.24) is 9.80 Å². The smallest absolute Gasteiger partial charge is 0.125 e. The fourth-order valence-corrected chi connectivity index (χ4v) is 5.20. The molecule has 0 saturated carbocycles. The van der Waals surface area contributed by atoms with Crippen LogP contribution in [0.2, 0.25) is 0 Å². The fraction of sp³-hybridized carbons (Fsp3) is 0.455. The second kappa shape index (κ2) is 9.00. The highest BCUT2D eigenvalue weighted by molar-refractivity contribution is 7.99. The molecule has 2 aliphatic heterocycles. The Kier molecular flexibility index (Phi) is 6.22. The van der Waals surface area contributed by atoms with Crippen LogP contribution in [0.5, 0.6) is 5.75 Å². The Morgan fingerprint density at radius 2 is 1.67 bits per heavy atom. The first kappa shape index (κ1) is 18.7. The van der Waals surface area contributed by atoms with Crippen molar-refractivity contribution in [2.45, 2.75) is 5.37 Å². The van der Waals surface area contributed by atoms with E-state index in [1.54, 1.807) is 0 Å². The molecule has 0 N–H and O–H groups in total. The van der Waals surface area contributed by atoms with Crippen LogP contribution in [0.15, 0.2) is 54.6 Å². The van der Waals surface area contributed by atoms with Gasteiger partial charge in [0, 0.05) is 56.3 Å². The van der Waals surface area contributed by atoms with Gasteiger partial charge in [-0.2, -0.15) is 0 Å². The summed E-state index contributed by atoms with van der Waals surface area (Å²) in [5, 5.41) is 0.426. The highest BCUT2D eigenvalue weighted by Crippen LogP contribution is 2.40. The molecule has 0 aliphatic carbocycles. The molecule has 0 spiro atoms. The molecule has 144 valence electrons. The summed E-state index contributed by atoms with van der Waals surface area (Å²) in [6.07, 6.45) is 0. The molecule has 2 aromatic rings. The number of piperazine rings is 1. The monoisotopic (exact) mass is 383 g/mol. The summed E-state index contributed by atoms with van der Waals surface area (Å²) in [6, 6.07) is 19.3. The molecule has 2 heterocycles. The lowest BCUT2D eigenvalue weighted by Gasteiger charge is -2.36. The van der Waals surface area contributed by atoms with Crippen molar-refractivity contribution in [2.75, 3.05) is 63.6 Å². The van der Waals surface area contributed by atoms with E-state index in [9.17, 15) is 0 Å². The molecular formula is C22H29N3OS. The number of para-hydroxylation sites is 2. The number of hydrogen-bond donors (Lipinski definition) is 0. The molecule has 4 nitrogen and oxygen atoms in total. The zero-order valence-corrected chi connectivity index (χ0v) is 16.9. The molecule has 5 heteroatoms. The molecule has 27 heavy (non-hydrogen) atoms. The Bertz CT molecular complexity index is 719. The van der Waals surface area contributed by atoms with E-state index < -0.39 is 0 Å². The Morgan fingerprint density at radius 1 is 0.926 bits per heavy atom. The third-order valence-corrected chi connectivity index (χ3v) is 6.81. The van der Waals surface area contributed by atoms with E-state index in [1.807, 2.05) is 11.8 Å². The Balaban J connectivity index is 1.26. The average molecular weight is 384 g/mol. The maximum atomic E-state index is 6.22. The van der Waals surface area contributed by atoms with Crippen molar-refractivity contribution < 1.29 is 4.74 Å². The van der Waals surface area contributed by atoms with E-state index in [0.717, 1.165) is 51.6 Å². The average Bonchev–Trinajstić information content (AvgIpc) is 3.15. The van der Waals surface area contributed by atoms with Gasteiger partial charge >= 0.3 is 0 Å². The van der Waals surface area contributed by atoms with Crippen LogP contribution in [-0.2, 0) is 0 Å². The number of thioether (sulfide) groups is 1. The Hall–Kier alpha value is -1.69. The summed E-state index contributed by atoms with van der Waals surface area (Å²) in [5.41, 5.74) is 2.65. The van der Waals surface area contributed by atoms with Crippen molar-refractivity contribution in [2.24, 2.45) is 0 Å². The lowest BCUT2D eigenvalue weighted by atomic mass is 10.2. The quantitative estimate of drug-likeness (QED) is 0.757. The topological polar surface area (TPSA) is 19.0 Å². The summed E-state index contributed by atoms with van der Waals surface area (Å²) in [4.78, 5) is 7.40. The predicted molar refractivity (Wildman–Crippen MR) is 115 cm³/mol. The van der Waals surface area contributed by atoms with Gasteiger partial charge in [0.15, 0.2) is 0 Å². The standard InChI is InChI=1S/C22H29N3OS/c1-23-16-18-27-22(23)20-9-5-6-10-21(20)26-17-15-24-11-13-25(14-12-24)19-7-3-2-4-8-19/h2-10,22H,11-18H2,1H3.